The van der Waals surface area contributed by atoms with Gasteiger partial charge < -0.3 is 10.0 Å². The molecule has 0 amide bonds. The molecule has 2 heterocycles. The first-order chi connectivity index (χ1) is 8.65. The van der Waals surface area contributed by atoms with Gasteiger partial charge in [-0.25, -0.2) is 9.37 Å². The maximum absolute atomic E-state index is 13.1. The SMILES string of the molecule is CCC1CN(c2ncc(F)cc2CO)CCN1C. The van der Waals surface area contributed by atoms with E-state index in [0.717, 1.165) is 26.1 Å². The second kappa shape index (κ2) is 5.63. The Bertz CT molecular complexity index is 413. The summed E-state index contributed by atoms with van der Waals surface area (Å²) in [4.78, 5) is 8.61. The summed E-state index contributed by atoms with van der Waals surface area (Å²) in [5, 5.41) is 9.30. The van der Waals surface area contributed by atoms with E-state index in [2.05, 4.69) is 28.8 Å². The van der Waals surface area contributed by atoms with E-state index in [1.807, 2.05) is 0 Å². The number of hydrogen-bond donors (Lipinski definition) is 1. The van der Waals surface area contributed by atoms with Crippen molar-refractivity contribution in [3.8, 4) is 0 Å². The van der Waals surface area contributed by atoms with Crippen LogP contribution in [0.1, 0.15) is 18.9 Å². The minimum absolute atomic E-state index is 0.177. The second-order valence-electron chi connectivity index (χ2n) is 4.78. The smallest absolute Gasteiger partial charge is 0.142 e. The number of hydrogen-bond acceptors (Lipinski definition) is 4. The first-order valence-electron chi connectivity index (χ1n) is 6.36. The molecule has 1 unspecified atom stereocenters. The van der Waals surface area contributed by atoms with Crippen LogP contribution >= 0.6 is 0 Å². The van der Waals surface area contributed by atoms with Crippen LogP contribution in [-0.4, -0.2) is 47.7 Å². The highest BCUT2D eigenvalue weighted by Gasteiger charge is 2.25. The normalized spacial score (nSPS) is 21.3. The third kappa shape index (κ3) is 2.62. The minimum atomic E-state index is -0.399. The number of piperazine rings is 1. The molecule has 1 aliphatic heterocycles. The lowest BCUT2D eigenvalue weighted by atomic mass is 10.1. The summed E-state index contributed by atoms with van der Waals surface area (Å²) in [6, 6.07) is 1.85. The van der Waals surface area contributed by atoms with E-state index < -0.39 is 5.82 Å². The van der Waals surface area contributed by atoms with Gasteiger partial charge in [-0.05, 0) is 19.5 Å². The van der Waals surface area contributed by atoms with E-state index in [4.69, 9.17) is 0 Å². The van der Waals surface area contributed by atoms with E-state index in [1.54, 1.807) is 0 Å². The molecule has 1 atom stereocenters. The number of pyridine rings is 1. The Balaban J connectivity index is 2.21. The predicted molar refractivity (Wildman–Crippen MR) is 69.0 cm³/mol. The number of nitrogens with zero attached hydrogens (tertiary/aromatic N) is 3. The topological polar surface area (TPSA) is 39.6 Å². The highest BCUT2D eigenvalue weighted by atomic mass is 19.1. The average molecular weight is 253 g/mol. The van der Waals surface area contributed by atoms with E-state index in [0.29, 0.717) is 17.4 Å². The van der Waals surface area contributed by atoms with Crippen molar-refractivity contribution in [1.29, 1.82) is 0 Å². The van der Waals surface area contributed by atoms with Crippen molar-refractivity contribution in [2.75, 3.05) is 31.6 Å². The van der Waals surface area contributed by atoms with Crippen molar-refractivity contribution in [3.63, 3.8) is 0 Å². The summed E-state index contributed by atoms with van der Waals surface area (Å²) in [7, 11) is 2.12. The standard InChI is InChI=1S/C13H20FN3O/c1-3-12-8-17(5-4-16(12)2)13-10(9-18)6-11(14)7-15-13/h6-7,12,18H,3-5,8-9H2,1-2H3. The van der Waals surface area contributed by atoms with Gasteiger partial charge in [-0.15, -0.1) is 0 Å². The molecule has 5 heteroatoms. The molecule has 0 bridgehead atoms. The van der Waals surface area contributed by atoms with Crippen LogP contribution in [0.2, 0.25) is 0 Å². The van der Waals surface area contributed by atoms with Gasteiger partial charge >= 0.3 is 0 Å². The van der Waals surface area contributed by atoms with Crippen LogP contribution in [0.15, 0.2) is 12.3 Å². The molecule has 1 fully saturated rings. The van der Waals surface area contributed by atoms with Gasteiger partial charge in [0.1, 0.15) is 11.6 Å². The number of rotatable bonds is 3. The number of aliphatic hydroxyl groups excluding tert-OH is 1. The fourth-order valence-electron chi connectivity index (χ4n) is 2.45. The molecule has 1 saturated heterocycles. The highest BCUT2D eigenvalue weighted by molar-refractivity contribution is 5.47. The summed E-state index contributed by atoms with van der Waals surface area (Å²) >= 11 is 0. The molecular formula is C13H20FN3O. The summed E-state index contributed by atoms with van der Waals surface area (Å²) < 4.78 is 13.1. The molecule has 1 aromatic rings. The fraction of sp³-hybridized carbons (Fsp3) is 0.615. The number of likely N-dealkylation sites (N-methyl/N-ethyl adjacent to an activating group) is 1. The first-order valence-corrected chi connectivity index (χ1v) is 6.36. The Hall–Kier alpha value is -1.20. The van der Waals surface area contributed by atoms with Gasteiger partial charge in [0.15, 0.2) is 0 Å². The van der Waals surface area contributed by atoms with Crippen molar-refractivity contribution < 1.29 is 9.50 Å². The van der Waals surface area contributed by atoms with Gasteiger partial charge in [0.25, 0.3) is 0 Å². The van der Waals surface area contributed by atoms with Crippen molar-refractivity contribution in [2.24, 2.45) is 0 Å². The second-order valence-corrected chi connectivity index (χ2v) is 4.78. The lowest BCUT2D eigenvalue weighted by Gasteiger charge is -2.40. The Morgan fingerprint density at radius 2 is 2.28 bits per heavy atom. The van der Waals surface area contributed by atoms with Crippen LogP contribution < -0.4 is 4.90 Å². The Morgan fingerprint density at radius 3 is 2.94 bits per heavy atom. The van der Waals surface area contributed by atoms with Gasteiger partial charge in [0, 0.05) is 31.2 Å². The maximum Gasteiger partial charge on any atom is 0.142 e. The molecular weight excluding hydrogens is 233 g/mol. The van der Waals surface area contributed by atoms with Gasteiger partial charge in [0.2, 0.25) is 0 Å². The summed E-state index contributed by atoms with van der Waals surface area (Å²) in [5.41, 5.74) is 0.564. The van der Waals surface area contributed by atoms with E-state index in [-0.39, 0.29) is 6.61 Å². The zero-order chi connectivity index (χ0) is 13.1. The number of halogens is 1. The molecule has 1 N–H and O–H groups in total. The van der Waals surface area contributed by atoms with Crippen molar-refractivity contribution in [2.45, 2.75) is 26.0 Å². The van der Waals surface area contributed by atoms with Crippen molar-refractivity contribution >= 4 is 5.82 Å². The molecule has 0 radical (unpaired) electrons. The molecule has 1 aliphatic rings. The quantitative estimate of drug-likeness (QED) is 0.880. The summed E-state index contributed by atoms with van der Waals surface area (Å²) in [6.07, 6.45) is 2.29. The third-order valence-corrected chi connectivity index (χ3v) is 3.63. The number of aliphatic hydroxyl groups is 1. The molecule has 100 valence electrons. The fourth-order valence-corrected chi connectivity index (χ4v) is 2.45. The minimum Gasteiger partial charge on any atom is -0.392 e. The molecule has 0 saturated carbocycles. The Labute approximate surface area is 107 Å². The molecule has 2 rings (SSSR count). The van der Waals surface area contributed by atoms with Crippen LogP contribution in [0.3, 0.4) is 0 Å². The van der Waals surface area contributed by atoms with Crippen molar-refractivity contribution in [1.82, 2.24) is 9.88 Å². The molecule has 0 spiro atoms. The Morgan fingerprint density at radius 1 is 1.50 bits per heavy atom. The van der Waals surface area contributed by atoms with Crippen LogP contribution in [0.5, 0.6) is 0 Å². The van der Waals surface area contributed by atoms with Gasteiger partial charge in [-0.2, -0.15) is 0 Å². The summed E-state index contributed by atoms with van der Waals surface area (Å²) in [5.74, 6) is 0.314. The third-order valence-electron chi connectivity index (χ3n) is 3.63. The van der Waals surface area contributed by atoms with E-state index in [1.165, 1.54) is 12.3 Å². The summed E-state index contributed by atoms with van der Waals surface area (Å²) in [6.45, 7) is 4.68. The van der Waals surface area contributed by atoms with Gasteiger partial charge in [-0.1, -0.05) is 6.92 Å². The maximum atomic E-state index is 13.1. The molecule has 18 heavy (non-hydrogen) atoms. The predicted octanol–water partition coefficient (Wildman–Crippen LogP) is 1.24. The van der Waals surface area contributed by atoms with Gasteiger partial charge in [-0.3, -0.25) is 4.90 Å². The Kier molecular flexibility index (Phi) is 4.14. The number of aromatic nitrogens is 1. The zero-order valence-corrected chi connectivity index (χ0v) is 10.9. The zero-order valence-electron chi connectivity index (χ0n) is 10.9. The molecule has 0 aliphatic carbocycles. The van der Waals surface area contributed by atoms with Crippen molar-refractivity contribution in [3.05, 3.63) is 23.6 Å². The molecule has 4 nitrogen and oxygen atoms in total. The van der Waals surface area contributed by atoms with Crippen LogP contribution in [-0.2, 0) is 6.61 Å². The largest absolute Gasteiger partial charge is 0.392 e. The monoisotopic (exact) mass is 253 g/mol. The molecule has 0 aromatic carbocycles. The van der Waals surface area contributed by atoms with Crippen LogP contribution in [0.4, 0.5) is 10.2 Å². The lowest BCUT2D eigenvalue weighted by Crippen LogP contribution is -2.51. The highest BCUT2D eigenvalue weighted by Crippen LogP contribution is 2.22. The van der Waals surface area contributed by atoms with Crippen LogP contribution in [0.25, 0.3) is 0 Å². The lowest BCUT2D eigenvalue weighted by molar-refractivity contribution is 0.212. The van der Waals surface area contributed by atoms with E-state index in [9.17, 15) is 9.50 Å². The van der Waals surface area contributed by atoms with E-state index >= 15 is 0 Å². The number of anilines is 1. The average Bonchev–Trinajstić information content (AvgIpc) is 2.39. The molecule has 1 aromatic heterocycles. The van der Waals surface area contributed by atoms with Crippen LogP contribution in [0, 0.1) is 5.82 Å². The van der Waals surface area contributed by atoms with Gasteiger partial charge in [0.05, 0.1) is 12.8 Å². The first kappa shape index (κ1) is 13.2.